The van der Waals surface area contributed by atoms with E-state index in [-0.39, 0.29) is 5.70 Å². The van der Waals surface area contributed by atoms with E-state index in [2.05, 4.69) is 10.1 Å². The van der Waals surface area contributed by atoms with Gasteiger partial charge in [0.1, 0.15) is 12.2 Å². The Morgan fingerprint density at radius 2 is 2.20 bits per heavy atom. The number of amides is 3. The van der Waals surface area contributed by atoms with Crippen molar-refractivity contribution in [1.82, 2.24) is 14.8 Å². The van der Waals surface area contributed by atoms with Gasteiger partial charge in [-0.05, 0) is 25.1 Å². The molecule has 1 aliphatic rings. The summed E-state index contributed by atoms with van der Waals surface area (Å²) in [5.41, 5.74) is 0.948. The smallest absolute Gasteiger partial charge is 0.329 e. The molecule has 0 radical (unpaired) electrons. The van der Waals surface area contributed by atoms with Crippen LogP contribution in [0.3, 0.4) is 0 Å². The van der Waals surface area contributed by atoms with Gasteiger partial charge in [0.15, 0.2) is 0 Å². The summed E-state index contributed by atoms with van der Waals surface area (Å²) in [4.78, 5) is 35.7. The Hall–Kier alpha value is -2.57. The lowest BCUT2D eigenvalue weighted by Gasteiger charge is -2.09. The van der Waals surface area contributed by atoms with Crippen molar-refractivity contribution in [3.05, 3.63) is 29.7 Å². The van der Waals surface area contributed by atoms with E-state index in [9.17, 15) is 14.4 Å². The van der Waals surface area contributed by atoms with Crippen LogP contribution >= 0.6 is 0 Å². The molecule has 106 valence electrons. The van der Waals surface area contributed by atoms with Gasteiger partial charge in [-0.2, -0.15) is 0 Å². The van der Waals surface area contributed by atoms with Gasteiger partial charge in [-0.15, -0.1) is 0 Å². The molecule has 2 heterocycles. The summed E-state index contributed by atoms with van der Waals surface area (Å²) in [6, 6.07) is 3.06. The van der Waals surface area contributed by atoms with Crippen LogP contribution < -0.4 is 5.32 Å². The van der Waals surface area contributed by atoms with E-state index in [4.69, 9.17) is 0 Å². The molecule has 20 heavy (non-hydrogen) atoms. The standard InChI is InChI=1S/C13H15N3O4/c1-3-15-6-4-5-9(15)7-10-12(18)16(13(19)14-10)8-11(17)20-2/h4-7H,3,8H2,1-2H3,(H,14,19)/b10-7+. The highest BCUT2D eigenvalue weighted by atomic mass is 16.5. The fourth-order valence-electron chi connectivity index (χ4n) is 1.90. The third-order valence-corrected chi connectivity index (χ3v) is 2.97. The van der Waals surface area contributed by atoms with Crippen LogP contribution in [0.15, 0.2) is 24.0 Å². The minimum Gasteiger partial charge on any atom is -0.468 e. The fourth-order valence-corrected chi connectivity index (χ4v) is 1.90. The van der Waals surface area contributed by atoms with Crippen molar-refractivity contribution in [2.24, 2.45) is 0 Å². The van der Waals surface area contributed by atoms with Crippen LogP contribution in [0.25, 0.3) is 6.08 Å². The number of carbonyl (C=O) groups is 3. The third-order valence-electron chi connectivity index (χ3n) is 2.97. The molecule has 1 saturated heterocycles. The number of hydrogen-bond donors (Lipinski definition) is 1. The molecule has 0 unspecified atom stereocenters. The van der Waals surface area contributed by atoms with Crippen molar-refractivity contribution < 1.29 is 19.1 Å². The number of nitrogens with zero attached hydrogens (tertiary/aromatic N) is 2. The van der Waals surface area contributed by atoms with Gasteiger partial charge in [0, 0.05) is 18.4 Å². The Labute approximate surface area is 115 Å². The van der Waals surface area contributed by atoms with Gasteiger partial charge in [-0.1, -0.05) is 0 Å². The van der Waals surface area contributed by atoms with Gasteiger partial charge >= 0.3 is 12.0 Å². The second kappa shape index (κ2) is 5.60. The first kappa shape index (κ1) is 13.9. The molecule has 0 aliphatic carbocycles. The van der Waals surface area contributed by atoms with Gasteiger partial charge in [-0.25, -0.2) is 9.69 Å². The number of rotatable bonds is 4. The van der Waals surface area contributed by atoms with Gasteiger partial charge in [-0.3, -0.25) is 9.59 Å². The van der Waals surface area contributed by atoms with E-state index >= 15 is 0 Å². The maximum absolute atomic E-state index is 12.1. The lowest BCUT2D eigenvalue weighted by atomic mass is 10.3. The molecule has 3 amide bonds. The Balaban J connectivity index is 2.21. The monoisotopic (exact) mass is 277 g/mol. The van der Waals surface area contributed by atoms with Gasteiger partial charge in [0.05, 0.1) is 7.11 Å². The predicted molar refractivity (Wildman–Crippen MR) is 70.3 cm³/mol. The van der Waals surface area contributed by atoms with Crippen LogP contribution in [0.1, 0.15) is 12.6 Å². The highest BCUT2D eigenvalue weighted by Crippen LogP contribution is 2.14. The Bertz CT molecular complexity index is 588. The lowest BCUT2D eigenvalue weighted by Crippen LogP contribution is -2.36. The van der Waals surface area contributed by atoms with Crippen LogP contribution in [-0.2, 0) is 20.9 Å². The molecule has 0 atom stereocenters. The average Bonchev–Trinajstić information content (AvgIpc) is 2.98. The highest BCUT2D eigenvalue weighted by molar-refractivity contribution is 6.15. The number of aromatic nitrogens is 1. The number of methoxy groups -OCH3 is 1. The summed E-state index contributed by atoms with van der Waals surface area (Å²) in [6.45, 7) is 2.33. The second-order valence-electron chi connectivity index (χ2n) is 4.17. The molecule has 0 spiro atoms. The van der Waals surface area contributed by atoms with Crippen LogP contribution in [0, 0.1) is 0 Å². The number of imide groups is 1. The lowest BCUT2D eigenvalue weighted by molar-refractivity contribution is -0.143. The van der Waals surface area contributed by atoms with E-state index in [1.807, 2.05) is 29.8 Å². The molecule has 0 aromatic carbocycles. The van der Waals surface area contributed by atoms with Crippen LogP contribution in [-0.4, -0.2) is 41.0 Å². The second-order valence-corrected chi connectivity index (χ2v) is 4.17. The number of esters is 1. The molecular weight excluding hydrogens is 262 g/mol. The largest absolute Gasteiger partial charge is 0.468 e. The summed E-state index contributed by atoms with van der Waals surface area (Å²) in [7, 11) is 1.20. The number of aryl methyl sites for hydroxylation is 1. The molecule has 0 bridgehead atoms. The van der Waals surface area contributed by atoms with Crippen molar-refractivity contribution >= 4 is 24.0 Å². The van der Waals surface area contributed by atoms with Crippen molar-refractivity contribution in [2.45, 2.75) is 13.5 Å². The van der Waals surface area contributed by atoms with Crippen LogP contribution in [0.4, 0.5) is 4.79 Å². The Kier molecular flexibility index (Phi) is 3.88. The third kappa shape index (κ3) is 2.56. The number of carbonyl (C=O) groups excluding carboxylic acids is 3. The molecule has 1 fully saturated rings. The number of nitrogens with one attached hydrogen (secondary N) is 1. The summed E-state index contributed by atoms with van der Waals surface area (Å²) < 4.78 is 6.38. The minimum atomic E-state index is -0.647. The molecule has 1 aliphatic heterocycles. The molecule has 7 nitrogen and oxygen atoms in total. The maximum Gasteiger partial charge on any atom is 0.329 e. The zero-order valence-electron chi connectivity index (χ0n) is 11.3. The minimum absolute atomic E-state index is 0.146. The first-order valence-corrected chi connectivity index (χ1v) is 6.13. The van der Waals surface area contributed by atoms with E-state index in [1.165, 1.54) is 7.11 Å². The highest BCUT2D eigenvalue weighted by Gasteiger charge is 2.35. The summed E-state index contributed by atoms with van der Waals surface area (Å²) >= 11 is 0. The summed E-state index contributed by atoms with van der Waals surface area (Å²) in [6.07, 6.45) is 3.46. The zero-order chi connectivity index (χ0) is 14.7. The van der Waals surface area contributed by atoms with Crippen LogP contribution in [0.2, 0.25) is 0 Å². The van der Waals surface area contributed by atoms with Crippen molar-refractivity contribution in [3.63, 3.8) is 0 Å². The van der Waals surface area contributed by atoms with Crippen molar-refractivity contribution in [1.29, 1.82) is 0 Å². The van der Waals surface area contributed by atoms with Crippen molar-refractivity contribution in [3.8, 4) is 0 Å². The fraction of sp³-hybridized carbons (Fsp3) is 0.308. The Morgan fingerprint density at radius 3 is 2.85 bits per heavy atom. The average molecular weight is 277 g/mol. The SMILES string of the molecule is CCn1cccc1/C=C1/NC(=O)N(CC(=O)OC)C1=O. The maximum atomic E-state index is 12.1. The van der Waals surface area contributed by atoms with Gasteiger partial charge in [0.25, 0.3) is 5.91 Å². The molecule has 1 aromatic heterocycles. The number of urea groups is 1. The van der Waals surface area contributed by atoms with E-state index in [0.29, 0.717) is 0 Å². The number of hydrogen-bond acceptors (Lipinski definition) is 4. The molecule has 0 saturated carbocycles. The molecule has 1 N–H and O–H groups in total. The molecule has 2 rings (SSSR count). The van der Waals surface area contributed by atoms with E-state index in [1.54, 1.807) is 6.08 Å². The Morgan fingerprint density at radius 1 is 1.45 bits per heavy atom. The predicted octanol–water partition coefficient (Wildman–Crippen LogP) is 0.574. The molecule has 1 aromatic rings. The first-order chi connectivity index (χ1) is 9.56. The van der Waals surface area contributed by atoms with Gasteiger partial charge in [0.2, 0.25) is 0 Å². The number of ether oxygens (including phenoxy) is 1. The van der Waals surface area contributed by atoms with Gasteiger partial charge < -0.3 is 14.6 Å². The van der Waals surface area contributed by atoms with E-state index < -0.39 is 24.5 Å². The molecule has 7 heteroatoms. The summed E-state index contributed by atoms with van der Waals surface area (Å²) in [5.74, 6) is -1.18. The van der Waals surface area contributed by atoms with Crippen molar-refractivity contribution in [2.75, 3.05) is 13.7 Å². The van der Waals surface area contributed by atoms with Crippen LogP contribution in [0.5, 0.6) is 0 Å². The normalized spacial score (nSPS) is 16.7. The topological polar surface area (TPSA) is 80.6 Å². The quantitative estimate of drug-likeness (QED) is 0.496. The zero-order valence-corrected chi connectivity index (χ0v) is 11.3. The molecular formula is C13H15N3O4. The first-order valence-electron chi connectivity index (χ1n) is 6.13. The van der Waals surface area contributed by atoms with E-state index in [0.717, 1.165) is 17.1 Å². The summed E-state index contributed by atoms with van der Waals surface area (Å²) in [5, 5.41) is 2.45.